The molecule has 2 aromatic rings. The zero-order valence-corrected chi connectivity index (χ0v) is 16.9. The van der Waals surface area contributed by atoms with E-state index in [2.05, 4.69) is 0 Å². The van der Waals surface area contributed by atoms with Gasteiger partial charge in [-0.25, -0.2) is 4.79 Å². The summed E-state index contributed by atoms with van der Waals surface area (Å²) in [5.41, 5.74) is 3.18. The van der Waals surface area contributed by atoms with Gasteiger partial charge < -0.3 is 9.64 Å². The fourth-order valence-electron chi connectivity index (χ4n) is 3.81. The molecule has 0 spiro atoms. The standard InChI is InChI=1S/C22H20ClNO3S/c1-22(12-13-23)20(24-17(25)14-18(24)28-22)21(26)27-19(15-8-4-2-5-9-15)16-10-6-3-7-11-16/h2-13,18-20H,14H2,1H3/b13-12+/t18-,20+,22+/m1/s1. The molecule has 144 valence electrons. The minimum atomic E-state index is -0.700. The van der Waals surface area contributed by atoms with Gasteiger partial charge in [-0.05, 0) is 18.1 Å². The Morgan fingerprint density at radius 1 is 1.18 bits per heavy atom. The van der Waals surface area contributed by atoms with Gasteiger partial charge in [-0.15, -0.1) is 11.8 Å². The molecule has 0 aromatic heterocycles. The maximum atomic E-state index is 13.3. The van der Waals surface area contributed by atoms with Crippen LogP contribution < -0.4 is 0 Å². The molecule has 1 amide bonds. The first-order valence-corrected chi connectivity index (χ1v) is 10.4. The fraction of sp³-hybridized carbons (Fsp3) is 0.273. The summed E-state index contributed by atoms with van der Waals surface area (Å²) in [6.45, 7) is 1.92. The molecule has 6 heteroatoms. The molecule has 0 bridgehead atoms. The number of amides is 1. The van der Waals surface area contributed by atoms with Crippen molar-refractivity contribution in [3.63, 3.8) is 0 Å². The largest absolute Gasteiger partial charge is 0.451 e. The molecule has 28 heavy (non-hydrogen) atoms. The molecule has 2 fully saturated rings. The van der Waals surface area contributed by atoms with E-state index in [4.69, 9.17) is 16.3 Å². The number of carbonyl (C=O) groups excluding carboxylic acids is 2. The van der Waals surface area contributed by atoms with E-state index in [0.29, 0.717) is 6.42 Å². The number of nitrogens with zero attached hydrogens (tertiary/aromatic N) is 1. The van der Waals surface area contributed by atoms with Crippen molar-refractivity contribution in [2.24, 2.45) is 0 Å². The molecular formula is C22H20ClNO3S. The van der Waals surface area contributed by atoms with Crippen molar-refractivity contribution in [1.29, 1.82) is 0 Å². The molecule has 0 N–H and O–H groups in total. The molecule has 0 saturated carbocycles. The van der Waals surface area contributed by atoms with Crippen LogP contribution in [0.15, 0.2) is 72.3 Å². The maximum absolute atomic E-state index is 13.3. The van der Waals surface area contributed by atoms with Crippen LogP contribution in [0.2, 0.25) is 0 Å². The molecule has 2 aliphatic heterocycles. The third-order valence-corrected chi connectivity index (χ3v) is 6.87. The van der Waals surface area contributed by atoms with Gasteiger partial charge in [-0.1, -0.05) is 78.3 Å². The van der Waals surface area contributed by atoms with Crippen LogP contribution in [-0.2, 0) is 14.3 Å². The normalized spacial score (nSPS) is 26.4. The van der Waals surface area contributed by atoms with Gasteiger partial charge in [-0.2, -0.15) is 0 Å². The Hall–Kier alpha value is -2.24. The third kappa shape index (κ3) is 3.33. The molecule has 0 aliphatic carbocycles. The van der Waals surface area contributed by atoms with Gasteiger partial charge in [-0.3, -0.25) is 4.79 Å². The number of thioether (sulfide) groups is 1. The van der Waals surface area contributed by atoms with Crippen molar-refractivity contribution in [3.8, 4) is 0 Å². The second-order valence-electron chi connectivity index (χ2n) is 7.09. The topological polar surface area (TPSA) is 46.6 Å². The van der Waals surface area contributed by atoms with Crippen LogP contribution in [-0.4, -0.2) is 32.9 Å². The highest BCUT2D eigenvalue weighted by Crippen LogP contribution is 2.52. The van der Waals surface area contributed by atoms with Crippen molar-refractivity contribution in [2.75, 3.05) is 0 Å². The van der Waals surface area contributed by atoms with Crippen LogP contribution in [0.25, 0.3) is 0 Å². The Balaban J connectivity index is 1.66. The van der Waals surface area contributed by atoms with Crippen molar-refractivity contribution >= 4 is 35.2 Å². The SMILES string of the molecule is C[C@@]1(/C=C/Cl)S[C@@H]2CC(=O)N2[C@H]1C(=O)OC(c1ccccc1)c1ccccc1. The molecule has 0 radical (unpaired) electrons. The van der Waals surface area contributed by atoms with Crippen LogP contribution in [0.4, 0.5) is 0 Å². The number of β-lactam (4-membered cyclic amide) rings is 1. The molecular weight excluding hydrogens is 394 g/mol. The van der Waals surface area contributed by atoms with Crippen LogP contribution in [0.3, 0.4) is 0 Å². The van der Waals surface area contributed by atoms with E-state index in [-0.39, 0.29) is 11.3 Å². The van der Waals surface area contributed by atoms with Gasteiger partial charge in [0.05, 0.1) is 16.5 Å². The predicted molar refractivity (Wildman–Crippen MR) is 111 cm³/mol. The molecule has 2 heterocycles. The summed E-state index contributed by atoms with van der Waals surface area (Å²) in [6.07, 6.45) is 1.68. The second-order valence-corrected chi connectivity index (χ2v) is 9.01. The molecule has 3 atom stereocenters. The lowest BCUT2D eigenvalue weighted by Gasteiger charge is -2.38. The molecule has 4 nitrogen and oxygen atoms in total. The average Bonchev–Trinajstić information content (AvgIpc) is 2.94. The lowest BCUT2D eigenvalue weighted by Crippen LogP contribution is -2.57. The summed E-state index contributed by atoms with van der Waals surface area (Å²) < 4.78 is 5.41. The van der Waals surface area contributed by atoms with Gasteiger partial charge in [0.1, 0.15) is 6.04 Å². The lowest BCUT2D eigenvalue weighted by molar-refractivity contribution is -0.163. The summed E-state index contributed by atoms with van der Waals surface area (Å²) in [5, 5.41) is -0.00480. The minimum Gasteiger partial charge on any atom is -0.451 e. The average molecular weight is 414 g/mol. The fourth-order valence-corrected chi connectivity index (χ4v) is 5.80. The van der Waals surface area contributed by atoms with Crippen molar-refractivity contribution < 1.29 is 14.3 Å². The first-order chi connectivity index (χ1) is 13.5. The quantitative estimate of drug-likeness (QED) is 0.534. The van der Waals surface area contributed by atoms with E-state index >= 15 is 0 Å². The smallest absolute Gasteiger partial charge is 0.331 e. The number of halogens is 1. The zero-order chi connectivity index (χ0) is 19.7. The Bertz CT molecular complexity index is 865. The molecule has 2 aliphatic rings. The Morgan fingerprint density at radius 3 is 2.25 bits per heavy atom. The van der Waals surface area contributed by atoms with Crippen LogP contribution in [0.1, 0.15) is 30.6 Å². The first kappa shape index (κ1) is 19.1. The van der Waals surface area contributed by atoms with E-state index < -0.39 is 22.9 Å². The number of ether oxygens (including phenoxy) is 1. The summed E-state index contributed by atoms with van der Waals surface area (Å²) >= 11 is 7.42. The van der Waals surface area contributed by atoms with Crippen molar-refractivity contribution in [2.45, 2.75) is 35.6 Å². The van der Waals surface area contributed by atoms with Gasteiger partial charge in [0.15, 0.2) is 6.10 Å². The summed E-state index contributed by atoms with van der Waals surface area (Å²) in [7, 11) is 0. The number of hydrogen-bond donors (Lipinski definition) is 0. The van der Waals surface area contributed by atoms with Crippen molar-refractivity contribution in [3.05, 3.63) is 83.4 Å². The Morgan fingerprint density at radius 2 is 1.75 bits per heavy atom. The molecule has 2 aromatic carbocycles. The van der Waals surface area contributed by atoms with E-state index in [0.717, 1.165) is 11.1 Å². The predicted octanol–water partition coefficient (Wildman–Crippen LogP) is 4.50. The summed E-state index contributed by atoms with van der Waals surface area (Å²) in [6, 6.07) is 18.5. The zero-order valence-electron chi connectivity index (χ0n) is 15.3. The van der Waals surface area contributed by atoms with Gasteiger partial charge in [0, 0.05) is 5.54 Å². The molecule has 2 saturated heterocycles. The number of rotatable bonds is 5. The molecule has 0 unspecified atom stereocenters. The minimum absolute atomic E-state index is 0.00480. The van der Waals surface area contributed by atoms with Crippen molar-refractivity contribution in [1.82, 2.24) is 4.90 Å². The number of hydrogen-bond acceptors (Lipinski definition) is 4. The van der Waals surface area contributed by atoms with E-state index in [1.54, 1.807) is 22.7 Å². The van der Waals surface area contributed by atoms with Crippen LogP contribution in [0, 0.1) is 0 Å². The summed E-state index contributed by atoms with van der Waals surface area (Å²) in [5.74, 6) is -0.444. The van der Waals surface area contributed by atoms with Crippen LogP contribution in [0.5, 0.6) is 0 Å². The van der Waals surface area contributed by atoms with Gasteiger partial charge in [0.25, 0.3) is 0 Å². The third-order valence-electron chi connectivity index (χ3n) is 5.21. The highest BCUT2D eigenvalue weighted by Gasteiger charge is 2.60. The lowest BCUT2D eigenvalue weighted by atomic mass is 9.96. The summed E-state index contributed by atoms with van der Waals surface area (Å²) in [4.78, 5) is 27.2. The molecule has 4 rings (SSSR count). The highest BCUT2D eigenvalue weighted by molar-refractivity contribution is 8.01. The Labute approximate surface area is 173 Å². The first-order valence-electron chi connectivity index (χ1n) is 9.11. The second kappa shape index (κ2) is 7.64. The number of esters is 1. The van der Waals surface area contributed by atoms with Gasteiger partial charge >= 0.3 is 5.97 Å². The van der Waals surface area contributed by atoms with Gasteiger partial charge in [0.2, 0.25) is 5.91 Å². The number of benzene rings is 2. The van der Waals surface area contributed by atoms with E-state index in [9.17, 15) is 9.59 Å². The van der Waals surface area contributed by atoms with E-state index in [1.165, 1.54) is 5.54 Å². The van der Waals surface area contributed by atoms with Crippen LogP contribution >= 0.6 is 23.4 Å². The number of carbonyl (C=O) groups is 2. The monoisotopic (exact) mass is 413 g/mol. The Kier molecular flexibility index (Phi) is 5.21. The highest BCUT2D eigenvalue weighted by atomic mass is 35.5. The van der Waals surface area contributed by atoms with E-state index in [1.807, 2.05) is 67.6 Å². The maximum Gasteiger partial charge on any atom is 0.331 e. The number of fused-ring (bicyclic) bond motifs is 1.